The zero-order valence-electron chi connectivity index (χ0n) is 14.2. The van der Waals surface area contributed by atoms with Crippen LogP contribution in [0.15, 0.2) is 35.4 Å². The Morgan fingerprint density at radius 3 is 2.74 bits per heavy atom. The van der Waals surface area contributed by atoms with Crippen LogP contribution < -0.4 is 19.6 Å². The van der Waals surface area contributed by atoms with E-state index in [1.807, 2.05) is 0 Å². The highest BCUT2D eigenvalue weighted by Gasteiger charge is 2.23. The van der Waals surface area contributed by atoms with Crippen molar-refractivity contribution in [1.82, 2.24) is 5.43 Å². The Bertz CT molecular complexity index is 927. The summed E-state index contributed by atoms with van der Waals surface area (Å²) in [4.78, 5) is 22.7. The van der Waals surface area contributed by atoms with Crippen molar-refractivity contribution in [2.45, 2.75) is 0 Å². The van der Waals surface area contributed by atoms with Gasteiger partial charge in [0.1, 0.15) is 13.2 Å². The van der Waals surface area contributed by atoms with Crippen LogP contribution in [0.3, 0.4) is 0 Å². The number of carbonyl (C=O) groups is 1. The minimum Gasteiger partial charge on any atom is -0.504 e. The number of nitrogens with one attached hydrogen (secondary N) is 1. The number of nitrogens with zero attached hydrogens (tertiary/aromatic N) is 2. The van der Waals surface area contributed by atoms with Gasteiger partial charge in [-0.1, -0.05) is 0 Å². The van der Waals surface area contributed by atoms with Gasteiger partial charge in [-0.2, -0.15) is 5.10 Å². The molecule has 1 aliphatic heterocycles. The maximum atomic E-state index is 12.2. The van der Waals surface area contributed by atoms with Gasteiger partial charge in [-0.05, 0) is 30.3 Å². The summed E-state index contributed by atoms with van der Waals surface area (Å²) in [5.41, 5.74) is 2.16. The third-order valence-corrected chi connectivity index (χ3v) is 3.70. The number of fused-ring (bicyclic) bond motifs is 1. The molecule has 2 N–H and O–H groups in total. The number of methoxy groups -OCH3 is 1. The molecule has 0 atom stereocenters. The largest absolute Gasteiger partial charge is 0.504 e. The number of phenols is 1. The summed E-state index contributed by atoms with van der Waals surface area (Å²) in [7, 11) is 1.20. The van der Waals surface area contributed by atoms with Gasteiger partial charge in [-0.3, -0.25) is 14.9 Å². The van der Waals surface area contributed by atoms with E-state index < -0.39 is 16.5 Å². The summed E-state index contributed by atoms with van der Waals surface area (Å²) in [6, 6.07) is 7.20. The molecule has 0 saturated carbocycles. The molecule has 10 heteroatoms. The number of amides is 1. The van der Waals surface area contributed by atoms with Crippen LogP contribution in [0.4, 0.5) is 5.69 Å². The fourth-order valence-corrected chi connectivity index (χ4v) is 2.48. The second kappa shape index (κ2) is 7.60. The number of nitro groups is 1. The number of hydrogen-bond donors (Lipinski definition) is 2. The summed E-state index contributed by atoms with van der Waals surface area (Å²) in [5, 5.41) is 24.6. The average molecular weight is 373 g/mol. The first-order chi connectivity index (χ1) is 13.0. The number of rotatable bonds is 5. The van der Waals surface area contributed by atoms with Gasteiger partial charge >= 0.3 is 5.69 Å². The molecule has 2 aromatic carbocycles. The molecule has 140 valence electrons. The summed E-state index contributed by atoms with van der Waals surface area (Å²) in [5.74, 6) is -0.190. The summed E-state index contributed by atoms with van der Waals surface area (Å²) >= 11 is 0. The van der Waals surface area contributed by atoms with Crippen LogP contribution in [-0.2, 0) is 0 Å². The van der Waals surface area contributed by atoms with E-state index in [0.717, 1.165) is 6.21 Å². The third kappa shape index (κ3) is 3.73. The first-order valence-electron chi connectivity index (χ1n) is 7.78. The number of carbonyl (C=O) groups excluding carboxylic acids is 1. The Labute approximate surface area is 153 Å². The van der Waals surface area contributed by atoms with Crippen molar-refractivity contribution in [3.05, 3.63) is 51.6 Å². The van der Waals surface area contributed by atoms with Gasteiger partial charge in [-0.15, -0.1) is 0 Å². The molecule has 0 aliphatic carbocycles. The first-order valence-corrected chi connectivity index (χ1v) is 7.78. The number of benzene rings is 2. The van der Waals surface area contributed by atoms with Crippen molar-refractivity contribution in [3.63, 3.8) is 0 Å². The first kappa shape index (κ1) is 18.0. The third-order valence-electron chi connectivity index (χ3n) is 3.70. The fraction of sp³-hybridized carbons (Fsp3) is 0.176. The normalized spacial score (nSPS) is 12.6. The number of nitro benzene ring substituents is 1. The molecule has 0 aromatic heterocycles. The lowest BCUT2D eigenvalue weighted by Crippen LogP contribution is -2.19. The molecule has 0 bridgehead atoms. The van der Waals surface area contributed by atoms with E-state index in [9.17, 15) is 20.0 Å². The molecule has 1 amide bonds. The Hall–Kier alpha value is -3.82. The molecular weight excluding hydrogens is 358 g/mol. The Balaban J connectivity index is 1.78. The zero-order valence-corrected chi connectivity index (χ0v) is 14.2. The Morgan fingerprint density at radius 1 is 1.30 bits per heavy atom. The fourth-order valence-electron chi connectivity index (χ4n) is 2.48. The molecule has 10 nitrogen and oxygen atoms in total. The van der Waals surface area contributed by atoms with E-state index >= 15 is 0 Å². The van der Waals surface area contributed by atoms with Crippen molar-refractivity contribution in [2.75, 3.05) is 20.3 Å². The molecular formula is C17H15N3O7. The average Bonchev–Trinajstić information content (AvgIpc) is 2.68. The van der Waals surface area contributed by atoms with E-state index in [-0.39, 0.29) is 22.6 Å². The lowest BCUT2D eigenvalue weighted by molar-refractivity contribution is -0.386. The molecule has 0 spiro atoms. The lowest BCUT2D eigenvalue weighted by Gasteiger charge is -2.18. The number of hydrogen-bond acceptors (Lipinski definition) is 8. The van der Waals surface area contributed by atoms with E-state index in [4.69, 9.17) is 14.2 Å². The second-order valence-corrected chi connectivity index (χ2v) is 5.37. The SMILES string of the molecule is COc1c(O)ccc(/C=N/NC(=O)c2ccc3c(c2)OCCO3)c1[N+](=O)[O-]. The summed E-state index contributed by atoms with van der Waals surface area (Å²) in [6.45, 7) is 0.834. The van der Waals surface area contributed by atoms with Gasteiger partial charge in [0.2, 0.25) is 5.75 Å². The van der Waals surface area contributed by atoms with Crippen LogP contribution in [0.25, 0.3) is 0 Å². The van der Waals surface area contributed by atoms with E-state index in [2.05, 4.69) is 10.5 Å². The van der Waals surface area contributed by atoms with Crippen LogP contribution in [0.2, 0.25) is 0 Å². The van der Waals surface area contributed by atoms with Crippen molar-refractivity contribution in [1.29, 1.82) is 0 Å². The van der Waals surface area contributed by atoms with Gasteiger partial charge < -0.3 is 19.3 Å². The molecule has 2 aromatic rings. The number of hydrazone groups is 1. The van der Waals surface area contributed by atoms with Gasteiger partial charge in [0.05, 0.1) is 23.8 Å². The highest BCUT2D eigenvalue weighted by molar-refractivity contribution is 5.96. The van der Waals surface area contributed by atoms with Gasteiger partial charge in [0, 0.05) is 5.56 Å². The van der Waals surface area contributed by atoms with Crippen molar-refractivity contribution < 1.29 is 29.0 Å². The molecule has 1 heterocycles. The quantitative estimate of drug-likeness (QED) is 0.464. The topological polar surface area (TPSA) is 133 Å². The summed E-state index contributed by atoms with van der Waals surface area (Å²) in [6.07, 6.45) is 1.09. The molecule has 3 rings (SSSR count). The van der Waals surface area contributed by atoms with E-state index in [0.29, 0.717) is 24.7 Å². The molecule has 1 aliphatic rings. The van der Waals surface area contributed by atoms with Crippen LogP contribution in [0.1, 0.15) is 15.9 Å². The molecule has 0 unspecified atom stereocenters. The summed E-state index contributed by atoms with van der Waals surface area (Å²) < 4.78 is 15.7. The number of ether oxygens (including phenoxy) is 3. The van der Waals surface area contributed by atoms with Crippen LogP contribution in [0.5, 0.6) is 23.0 Å². The standard InChI is InChI=1S/C17H15N3O7/c1-25-16-12(21)4-2-11(15(16)20(23)24)9-18-19-17(22)10-3-5-13-14(8-10)27-7-6-26-13/h2-5,8-9,21H,6-7H2,1H3,(H,19,22)/b18-9+. The van der Waals surface area contributed by atoms with E-state index in [1.165, 1.54) is 25.3 Å². The van der Waals surface area contributed by atoms with Crippen LogP contribution >= 0.6 is 0 Å². The monoisotopic (exact) mass is 373 g/mol. The van der Waals surface area contributed by atoms with Crippen LogP contribution in [-0.4, -0.2) is 42.5 Å². The van der Waals surface area contributed by atoms with E-state index in [1.54, 1.807) is 12.1 Å². The van der Waals surface area contributed by atoms with Crippen molar-refractivity contribution >= 4 is 17.8 Å². The minimum atomic E-state index is -0.706. The van der Waals surface area contributed by atoms with Gasteiger partial charge in [-0.25, -0.2) is 5.43 Å². The molecule has 0 radical (unpaired) electrons. The maximum Gasteiger partial charge on any atom is 0.323 e. The zero-order chi connectivity index (χ0) is 19.4. The lowest BCUT2D eigenvalue weighted by atomic mass is 10.1. The predicted molar refractivity (Wildman–Crippen MR) is 93.8 cm³/mol. The smallest absolute Gasteiger partial charge is 0.323 e. The maximum absolute atomic E-state index is 12.2. The highest BCUT2D eigenvalue weighted by atomic mass is 16.6. The Morgan fingerprint density at radius 2 is 2.04 bits per heavy atom. The van der Waals surface area contributed by atoms with Crippen LogP contribution in [0, 0.1) is 10.1 Å². The minimum absolute atomic E-state index is 0.0529. The second-order valence-electron chi connectivity index (χ2n) is 5.37. The van der Waals surface area contributed by atoms with Crippen molar-refractivity contribution in [2.24, 2.45) is 5.10 Å². The number of phenolic OH excluding ortho intramolecular Hbond substituents is 1. The molecule has 0 saturated heterocycles. The molecule has 0 fully saturated rings. The molecule has 27 heavy (non-hydrogen) atoms. The van der Waals surface area contributed by atoms with Crippen molar-refractivity contribution in [3.8, 4) is 23.0 Å². The predicted octanol–water partition coefficient (Wildman–Crippen LogP) is 1.84. The highest BCUT2D eigenvalue weighted by Crippen LogP contribution is 2.38. The number of aromatic hydroxyl groups is 1. The Kier molecular flexibility index (Phi) is 5.06. The van der Waals surface area contributed by atoms with Gasteiger partial charge in [0.15, 0.2) is 17.2 Å². The van der Waals surface area contributed by atoms with Gasteiger partial charge in [0.25, 0.3) is 5.91 Å².